The molecule has 1 aromatic heterocycles. The number of nitrogens with one attached hydrogen (secondary N) is 1. The molecule has 6 nitrogen and oxygen atoms in total. The van der Waals surface area contributed by atoms with Gasteiger partial charge in [-0.05, 0) is 43.4 Å². The van der Waals surface area contributed by atoms with E-state index in [2.05, 4.69) is 10.4 Å². The fourth-order valence-electron chi connectivity index (χ4n) is 3.23. The van der Waals surface area contributed by atoms with Gasteiger partial charge in [-0.15, -0.1) is 0 Å². The van der Waals surface area contributed by atoms with Crippen LogP contribution in [-0.2, 0) is 0 Å². The molecular weight excluding hydrogens is 304 g/mol. The maximum atomic E-state index is 12.6. The Labute approximate surface area is 142 Å². The monoisotopic (exact) mass is 328 g/mol. The summed E-state index contributed by atoms with van der Waals surface area (Å²) in [6.45, 7) is 3.49. The highest BCUT2D eigenvalue weighted by molar-refractivity contribution is 5.75. The Hall–Kier alpha value is -2.34. The molecule has 2 atom stereocenters. The molecule has 0 saturated carbocycles. The molecule has 0 unspecified atom stereocenters. The number of hydrogen-bond donors (Lipinski definition) is 2. The Bertz CT molecular complexity index is 671. The molecule has 2 N–H and O–H groups in total. The summed E-state index contributed by atoms with van der Waals surface area (Å²) in [5, 5.41) is 16.7. The number of para-hydroxylation sites is 1. The van der Waals surface area contributed by atoms with E-state index in [1.54, 1.807) is 15.8 Å². The summed E-state index contributed by atoms with van der Waals surface area (Å²) in [5.41, 5.74) is 1.98. The normalized spacial score (nSPS) is 19.1. The SMILES string of the molecule is C[C@@H](NC(=O)N1CCC[C@@H](CO)C1)c1ccccc1-n1cccn1. The third-order valence-corrected chi connectivity index (χ3v) is 4.56. The minimum atomic E-state index is -0.132. The first kappa shape index (κ1) is 16.5. The summed E-state index contributed by atoms with van der Waals surface area (Å²) in [6, 6.07) is 9.60. The maximum Gasteiger partial charge on any atom is 0.317 e. The van der Waals surface area contributed by atoms with Crippen molar-refractivity contribution in [2.24, 2.45) is 5.92 Å². The van der Waals surface area contributed by atoms with Crippen LogP contribution in [0.4, 0.5) is 4.79 Å². The molecule has 6 heteroatoms. The molecule has 1 fully saturated rings. The highest BCUT2D eigenvalue weighted by Crippen LogP contribution is 2.22. The highest BCUT2D eigenvalue weighted by atomic mass is 16.3. The third kappa shape index (κ3) is 3.59. The van der Waals surface area contributed by atoms with Crippen LogP contribution < -0.4 is 5.32 Å². The molecule has 128 valence electrons. The number of hydrogen-bond acceptors (Lipinski definition) is 3. The lowest BCUT2D eigenvalue weighted by Gasteiger charge is -2.33. The number of piperidine rings is 1. The summed E-state index contributed by atoms with van der Waals surface area (Å²) in [7, 11) is 0. The second-order valence-corrected chi connectivity index (χ2v) is 6.32. The first-order chi connectivity index (χ1) is 11.7. The molecule has 2 heterocycles. The minimum absolute atomic E-state index is 0.0732. The zero-order valence-corrected chi connectivity index (χ0v) is 13.9. The number of urea groups is 1. The number of benzene rings is 1. The van der Waals surface area contributed by atoms with Gasteiger partial charge < -0.3 is 15.3 Å². The Kier molecular flexibility index (Phi) is 5.15. The van der Waals surface area contributed by atoms with Crippen LogP contribution in [0.5, 0.6) is 0 Å². The van der Waals surface area contributed by atoms with Crippen molar-refractivity contribution >= 4 is 6.03 Å². The van der Waals surface area contributed by atoms with Gasteiger partial charge in [-0.1, -0.05) is 18.2 Å². The molecule has 1 aromatic carbocycles. The Morgan fingerprint density at radius 2 is 2.25 bits per heavy atom. The number of nitrogens with zero attached hydrogens (tertiary/aromatic N) is 3. The van der Waals surface area contributed by atoms with Crippen LogP contribution in [0, 0.1) is 5.92 Å². The van der Waals surface area contributed by atoms with E-state index in [0.29, 0.717) is 6.54 Å². The lowest BCUT2D eigenvalue weighted by molar-refractivity contribution is 0.128. The average Bonchev–Trinajstić information content (AvgIpc) is 3.16. The zero-order valence-electron chi connectivity index (χ0n) is 13.9. The quantitative estimate of drug-likeness (QED) is 0.905. The van der Waals surface area contributed by atoms with Crippen LogP contribution in [0.2, 0.25) is 0 Å². The van der Waals surface area contributed by atoms with E-state index in [1.807, 2.05) is 43.5 Å². The lowest BCUT2D eigenvalue weighted by Crippen LogP contribution is -2.46. The molecule has 2 aromatic rings. The molecule has 0 bridgehead atoms. The Balaban J connectivity index is 1.71. The number of aliphatic hydroxyl groups excluding tert-OH is 1. The van der Waals surface area contributed by atoms with Gasteiger partial charge in [0.2, 0.25) is 0 Å². The standard InChI is InChI=1S/C18H24N4O2/c1-14(20-18(24)21-10-4-6-15(12-21)13-23)16-7-2-3-8-17(16)22-11-5-9-19-22/h2-3,5,7-9,11,14-15,23H,4,6,10,12-13H2,1H3,(H,20,24)/t14-,15-/m1/s1. The van der Waals surface area contributed by atoms with Crippen molar-refractivity contribution in [2.45, 2.75) is 25.8 Å². The van der Waals surface area contributed by atoms with E-state index >= 15 is 0 Å². The third-order valence-electron chi connectivity index (χ3n) is 4.56. The topological polar surface area (TPSA) is 70.4 Å². The van der Waals surface area contributed by atoms with Crippen LogP contribution >= 0.6 is 0 Å². The van der Waals surface area contributed by atoms with Gasteiger partial charge in [0.15, 0.2) is 0 Å². The van der Waals surface area contributed by atoms with Gasteiger partial charge in [0, 0.05) is 32.1 Å². The molecule has 1 saturated heterocycles. The van der Waals surface area contributed by atoms with Gasteiger partial charge in [0.1, 0.15) is 0 Å². The molecule has 0 radical (unpaired) electrons. The van der Waals surface area contributed by atoms with Crippen molar-refractivity contribution in [3.8, 4) is 5.69 Å². The first-order valence-corrected chi connectivity index (χ1v) is 8.44. The molecule has 1 aliphatic heterocycles. The van der Waals surface area contributed by atoms with Crippen molar-refractivity contribution < 1.29 is 9.90 Å². The highest BCUT2D eigenvalue weighted by Gasteiger charge is 2.24. The Morgan fingerprint density at radius 1 is 1.42 bits per heavy atom. The number of amides is 2. The lowest BCUT2D eigenvalue weighted by atomic mass is 9.99. The van der Waals surface area contributed by atoms with E-state index in [9.17, 15) is 9.90 Å². The van der Waals surface area contributed by atoms with Crippen molar-refractivity contribution in [1.82, 2.24) is 20.0 Å². The van der Waals surface area contributed by atoms with E-state index < -0.39 is 0 Å². The molecule has 0 spiro atoms. The molecule has 3 rings (SSSR count). The Morgan fingerprint density at radius 3 is 3.00 bits per heavy atom. The minimum Gasteiger partial charge on any atom is -0.396 e. The summed E-state index contributed by atoms with van der Waals surface area (Å²) in [6.07, 6.45) is 5.56. The van der Waals surface area contributed by atoms with Gasteiger partial charge in [-0.3, -0.25) is 0 Å². The smallest absolute Gasteiger partial charge is 0.317 e. The van der Waals surface area contributed by atoms with E-state index in [4.69, 9.17) is 0 Å². The van der Waals surface area contributed by atoms with Gasteiger partial charge in [-0.2, -0.15) is 5.10 Å². The second kappa shape index (κ2) is 7.49. The average molecular weight is 328 g/mol. The number of rotatable bonds is 4. The largest absolute Gasteiger partial charge is 0.396 e. The number of aliphatic hydroxyl groups is 1. The predicted octanol–water partition coefficient (Wildman–Crippen LogP) is 2.35. The van der Waals surface area contributed by atoms with Crippen molar-refractivity contribution in [3.63, 3.8) is 0 Å². The molecule has 24 heavy (non-hydrogen) atoms. The first-order valence-electron chi connectivity index (χ1n) is 8.44. The van der Waals surface area contributed by atoms with Crippen LogP contribution in [0.3, 0.4) is 0 Å². The zero-order chi connectivity index (χ0) is 16.9. The van der Waals surface area contributed by atoms with Gasteiger partial charge in [-0.25, -0.2) is 9.48 Å². The van der Waals surface area contributed by atoms with Crippen LogP contribution in [0.15, 0.2) is 42.7 Å². The van der Waals surface area contributed by atoms with Crippen molar-refractivity contribution in [3.05, 3.63) is 48.3 Å². The molecule has 2 amide bonds. The summed E-state index contributed by atoms with van der Waals surface area (Å²) in [4.78, 5) is 14.4. The van der Waals surface area contributed by atoms with E-state index in [0.717, 1.165) is 30.6 Å². The summed E-state index contributed by atoms with van der Waals surface area (Å²) in [5.74, 6) is 0.191. The van der Waals surface area contributed by atoms with Crippen molar-refractivity contribution in [1.29, 1.82) is 0 Å². The van der Waals surface area contributed by atoms with Gasteiger partial charge in [0.25, 0.3) is 0 Å². The molecule has 1 aliphatic rings. The predicted molar refractivity (Wildman–Crippen MR) is 91.9 cm³/mol. The number of carbonyl (C=O) groups is 1. The molecular formula is C18H24N4O2. The van der Waals surface area contributed by atoms with Crippen LogP contribution in [0.1, 0.15) is 31.4 Å². The van der Waals surface area contributed by atoms with E-state index in [-0.39, 0.29) is 24.6 Å². The number of carbonyl (C=O) groups excluding carboxylic acids is 1. The summed E-state index contributed by atoms with van der Waals surface area (Å²) < 4.78 is 1.81. The van der Waals surface area contributed by atoms with E-state index in [1.165, 1.54) is 0 Å². The van der Waals surface area contributed by atoms with Gasteiger partial charge in [0.05, 0.1) is 11.7 Å². The second-order valence-electron chi connectivity index (χ2n) is 6.32. The number of likely N-dealkylation sites (tertiary alicyclic amines) is 1. The number of aromatic nitrogens is 2. The van der Waals surface area contributed by atoms with Gasteiger partial charge >= 0.3 is 6.03 Å². The van der Waals surface area contributed by atoms with Crippen LogP contribution in [0.25, 0.3) is 5.69 Å². The fourth-order valence-corrected chi connectivity index (χ4v) is 3.23. The van der Waals surface area contributed by atoms with Crippen molar-refractivity contribution in [2.75, 3.05) is 19.7 Å². The maximum absolute atomic E-state index is 12.6. The van der Waals surface area contributed by atoms with Crippen LogP contribution in [-0.4, -0.2) is 45.5 Å². The molecule has 0 aliphatic carbocycles. The summed E-state index contributed by atoms with van der Waals surface area (Å²) >= 11 is 0. The fraction of sp³-hybridized carbons (Fsp3) is 0.444.